The van der Waals surface area contributed by atoms with Crippen molar-refractivity contribution in [3.63, 3.8) is 0 Å². The number of allylic oxidation sites excluding steroid dienone is 3. The maximum absolute atomic E-state index is 13.2. The van der Waals surface area contributed by atoms with Crippen molar-refractivity contribution in [1.82, 2.24) is 9.80 Å². The van der Waals surface area contributed by atoms with Gasteiger partial charge in [-0.15, -0.1) is 5.11 Å². The molecule has 184 valence electrons. The quantitative estimate of drug-likeness (QED) is 0.386. The number of nitrogens with zero attached hydrogens (tertiary/aromatic N) is 4. The second kappa shape index (κ2) is 10.5. The van der Waals surface area contributed by atoms with E-state index in [0.717, 1.165) is 92.7 Å². The van der Waals surface area contributed by atoms with E-state index in [2.05, 4.69) is 39.9 Å². The fourth-order valence-electron chi connectivity index (χ4n) is 5.47. The number of carbonyl (C=O) groups excluding carboxylic acids is 2. The second-order valence-electron chi connectivity index (χ2n) is 9.80. The Labute approximate surface area is 206 Å². The zero-order chi connectivity index (χ0) is 24.2. The molecule has 3 aliphatic heterocycles. The fourth-order valence-corrected chi connectivity index (χ4v) is 5.47. The van der Waals surface area contributed by atoms with Crippen LogP contribution in [0, 0.1) is 0 Å². The summed E-state index contributed by atoms with van der Waals surface area (Å²) in [6.07, 6.45) is 13.2. The van der Waals surface area contributed by atoms with Crippen molar-refractivity contribution in [2.24, 2.45) is 16.2 Å². The molecule has 3 heterocycles. The van der Waals surface area contributed by atoms with Crippen LogP contribution in [0.2, 0.25) is 0 Å². The topological polar surface area (TPSA) is 103 Å². The van der Waals surface area contributed by atoms with Gasteiger partial charge >= 0.3 is 0 Å². The molecular formula is C27H34N6O2. The number of carbonyl (C=O) groups is 2. The zero-order valence-corrected chi connectivity index (χ0v) is 20.2. The number of amides is 2. The minimum Gasteiger partial charge on any atom is -0.361 e. The Hall–Kier alpha value is -3.42. The van der Waals surface area contributed by atoms with E-state index in [9.17, 15) is 9.59 Å². The lowest BCUT2D eigenvalue weighted by atomic mass is 9.91. The summed E-state index contributed by atoms with van der Waals surface area (Å²) in [6, 6.07) is 6.25. The summed E-state index contributed by atoms with van der Waals surface area (Å²) in [4.78, 5) is 29.9. The molecule has 0 saturated carbocycles. The molecule has 1 atom stereocenters. The molecule has 8 heteroatoms. The van der Waals surface area contributed by atoms with Gasteiger partial charge in [-0.3, -0.25) is 9.59 Å². The molecule has 0 aromatic heterocycles. The summed E-state index contributed by atoms with van der Waals surface area (Å²) >= 11 is 0. The van der Waals surface area contributed by atoms with Crippen LogP contribution in [-0.2, 0) is 9.59 Å². The standard InChI is InChI=1S/C27H34N6O2/c28-31-30-25-18-23(27(35)33-12-2-1-3-13-33)16-22-11-10-21(17-24(22)29-25)19-6-8-20(9-7-19)26(34)32-14-4-5-15-32/h6,8,10-11,16-17,25,29H,1-5,7,9,12-15,18H2,(H2,28,30). The number of hydrogen-bond acceptors (Lipinski definition) is 5. The first-order valence-corrected chi connectivity index (χ1v) is 12.8. The number of nitrogens with one attached hydrogen (secondary N) is 1. The van der Waals surface area contributed by atoms with Crippen LogP contribution in [0.25, 0.3) is 11.6 Å². The summed E-state index contributed by atoms with van der Waals surface area (Å²) in [5, 5.41) is 11.1. The highest BCUT2D eigenvalue weighted by Crippen LogP contribution is 2.34. The van der Waals surface area contributed by atoms with Crippen molar-refractivity contribution >= 4 is 29.2 Å². The van der Waals surface area contributed by atoms with Crippen LogP contribution in [0.1, 0.15) is 62.5 Å². The van der Waals surface area contributed by atoms with E-state index in [-0.39, 0.29) is 11.8 Å². The summed E-state index contributed by atoms with van der Waals surface area (Å²) in [5.41, 5.74) is 5.79. The van der Waals surface area contributed by atoms with E-state index in [1.165, 1.54) is 12.0 Å². The lowest BCUT2D eigenvalue weighted by Crippen LogP contribution is -2.37. The minimum absolute atomic E-state index is 0.0796. The van der Waals surface area contributed by atoms with Crippen LogP contribution in [0.15, 0.2) is 51.8 Å². The van der Waals surface area contributed by atoms with E-state index in [1.54, 1.807) is 0 Å². The van der Waals surface area contributed by atoms with Gasteiger partial charge in [-0.2, -0.15) is 0 Å². The normalized spacial score (nSPS) is 22.6. The molecule has 35 heavy (non-hydrogen) atoms. The van der Waals surface area contributed by atoms with Gasteiger partial charge in [-0.25, -0.2) is 0 Å². The Morgan fingerprint density at radius 1 is 0.886 bits per heavy atom. The van der Waals surface area contributed by atoms with Crippen molar-refractivity contribution < 1.29 is 9.59 Å². The van der Waals surface area contributed by atoms with Crippen molar-refractivity contribution in [3.05, 3.63) is 52.6 Å². The van der Waals surface area contributed by atoms with Crippen LogP contribution >= 0.6 is 0 Å². The maximum atomic E-state index is 13.2. The molecule has 8 nitrogen and oxygen atoms in total. The van der Waals surface area contributed by atoms with Crippen LogP contribution in [0.5, 0.6) is 0 Å². The van der Waals surface area contributed by atoms with Crippen molar-refractivity contribution in [2.45, 2.75) is 57.5 Å². The first-order chi connectivity index (χ1) is 17.1. The first kappa shape index (κ1) is 23.3. The minimum atomic E-state index is -0.401. The lowest BCUT2D eigenvalue weighted by Gasteiger charge is -2.28. The molecule has 5 rings (SSSR count). The predicted molar refractivity (Wildman–Crippen MR) is 137 cm³/mol. The molecule has 1 aromatic carbocycles. The van der Waals surface area contributed by atoms with Crippen molar-refractivity contribution in [2.75, 3.05) is 31.5 Å². The van der Waals surface area contributed by atoms with E-state index in [0.29, 0.717) is 6.42 Å². The Morgan fingerprint density at radius 2 is 1.57 bits per heavy atom. The van der Waals surface area contributed by atoms with Crippen molar-refractivity contribution in [1.29, 1.82) is 0 Å². The monoisotopic (exact) mass is 474 g/mol. The summed E-state index contributed by atoms with van der Waals surface area (Å²) in [7, 11) is 0. The van der Waals surface area contributed by atoms with Crippen LogP contribution < -0.4 is 11.2 Å². The van der Waals surface area contributed by atoms with Crippen LogP contribution in [0.3, 0.4) is 0 Å². The van der Waals surface area contributed by atoms with Gasteiger partial charge in [0.1, 0.15) is 6.17 Å². The third-order valence-electron chi connectivity index (χ3n) is 7.43. The third kappa shape index (κ3) is 5.16. The Balaban J connectivity index is 1.39. The molecule has 0 radical (unpaired) electrons. The molecule has 2 fully saturated rings. The highest BCUT2D eigenvalue weighted by Gasteiger charge is 2.27. The van der Waals surface area contributed by atoms with Gasteiger partial charge in [-0.1, -0.05) is 29.5 Å². The van der Waals surface area contributed by atoms with Gasteiger partial charge in [0.05, 0.1) is 0 Å². The van der Waals surface area contributed by atoms with E-state index >= 15 is 0 Å². The maximum Gasteiger partial charge on any atom is 0.249 e. The van der Waals surface area contributed by atoms with Gasteiger partial charge < -0.3 is 21.0 Å². The molecule has 1 aliphatic carbocycles. The number of fused-ring (bicyclic) bond motifs is 1. The summed E-state index contributed by atoms with van der Waals surface area (Å²) in [5.74, 6) is 5.65. The molecule has 4 aliphatic rings. The molecule has 0 bridgehead atoms. The highest BCUT2D eigenvalue weighted by molar-refractivity contribution is 5.99. The number of nitrogens with two attached hydrogens (primary N) is 1. The Kier molecular flexibility index (Phi) is 6.97. The largest absolute Gasteiger partial charge is 0.361 e. The zero-order valence-electron chi connectivity index (χ0n) is 20.2. The molecule has 1 aromatic rings. The average molecular weight is 475 g/mol. The van der Waals surface area contributed by atoms with E-state index in [1.807, 2.05) is 22.0 Å². The molecule has 2 saturated heterocycles. The molecule has 2 amide bonds. The first-order valence-electron chi connectivity index (χ1n) is 12.8. The second-order valence-corrected chi connectivity index (χ2v) is 9.80. The predicted octanol–water partition coefficient (Wildman–Crippen LogP) is 4.28. The van der Waals surface area contributed by atoms with Crippen LogP contribution in [-0.4, -0.2) is 54.0 Å². The lowest BCUT2D eigenvalue weighted by molar-refractivity contribution is -0.128. The smallest absolute Gasteiger partial charge is 0.249 e. The van der Waals surface area contributed by atoms with Gasteiger partial charge in [0.2, 0.25) is 11.8 Å². The SMILES string of the molecule is NN=NC1CC(C(=O)N2CCCCC2)=Cc2ccc(C3=CC=C(C(=O)N4CCCC4)CC3)cc2N1. The molecule has 0 spiro atoms. The number of anilines is 1. The number of piperidine rings is 1. The average Bonchev–Trinajstić information content (AvgIpc) is 3.37. The third-order valence-corrected chi connectivity index (χ3v) is 7.43. The molecule has 1 unspecified atom stereocenters. The number of hydrogen-bond donors (Lipinski definition) is 2. The molecule has 3 N–H and O–H groups in total. The number of benzene rings is 1. The molecular weight excluding hydrogens is 440 g/mol. The number of likely N-dealkylation sites (tertiary alicyclic amines) is 2. The van der Waals surface area contributed by atoms with Gasteiger partial charge in [0, 0.05) is 49.4 Å². The van der Waals surface area contributed by atoms with Crippen LogP contribution in [0.4, 0.5) is 5.69 Å². The summed E-state index contributed by atoms with van der Waals surface area (Å²) < 4.78 is 0. The van der Waals surface area contributed by atoms with Gasteiger partial charge in [0.15, 0.2) is 0 Å². The Morgan fingerprint density at radius 3 is 2.23 bits per heavy atom. The fraction of sp³-hybridized carbons (Fsp3) is 0.481. The Bertz CT molecular complexity index is 1110. The van der Waals surface area contributed by atoms with Gasteiger partial charge in [-0.05, 0) is 73.8 Å². The number of rotatable bonds is 4. The highest BCUT2D eigenvalue weighted by atomic mass is 16.2. The van der Waals surface area contributed by atoms with Gasteiger partial charge in [0.25, 0.3) is 0 Å². The van der Waals surface area contributed by atoms with E-state index < -0.39 is 6.17 Å². The van der Waals surface area contributed by atoms with E-state index in [4.69, 9.17) is 5.84 Å². The summed E-state index contributed by atoms with van der Waals surface area (Å²) in [6.45, 7) is 3.37. The van der Waals surface area contributed by atoms with Crippen molar-refractivity contribution in [3.8, 4) is 0 Å².